The Labute approximate surface area is 278 Å². The van der Waals surface area contributed by atoms with E-state index in [2.05, 4.69) is 32.9 Å². The molecule has 0 aliphatic heterocycles. The standard InChI is InChI=1S/C10H10O2.C9H8O2.2C7H12O2.C4H6O2/c1-8(2)10(11)12-9-6-4-3-5-7-9;1-2-9(10)11-8-6-4-3-5-7-8;1-5-6(8)9-7(2,3)4;1-4-6(3)9-7(8)5-2;1-3(2)4(5)6/h3-7H,1H2,2H3;2-7H,1H2;5H,1H2,2-4H3;5-6H,2,4H2,1,3H3;1H2,2H3,(H,5,6). The Morgan fingerprint density at radius 1 is 0.723 bits per heavy atom. The average molecular weight is 653 g/mol. The number of carbonyl (C=O) groups excluding carboxylic acids is 4. The summed E-state index contributed by atoms with van der Waals surface area (Å²) in [6.07, 6.45) is 4.32. The number of ether oxygens (including phenoxy) is 4. The minimum absolute atomic E-state index is 0.00972. The van der Waals surface area contributed by atoms with E-state index in [9.17, 15) is 24.0 Å². The molecule has 10 nitrogen and oxygen atoms in total. The molecule has 0 saturated carbocycles. The van der Waals surface area contributed by atoms with Crippen molar-refractivity contribution in [1.82, 2.24) is 0 Å². The van der Waals surface area contributed by atoms with Crippen LogP contribution in [0.2, 0.25) is 0 Å². The van der Waals surface area contributed by atoms with Crippen molar-refractivity contribution in [2.24, 2.45) is 0 Å². The Bertz CT molecular complexity index is 1290. The molecule has 2 aromatic rings. The molecule has 0 amide bonds. The maximum atomic E-state index is 11.0. The molecule has 0 aromatic heterocycles. The molecular formula is C37H48O10. The van der Waals surface area contributed by atoms with Crippen LogP contribution >= 0.6 is 0 Å². The quantitative estimate of drug-likeness (QED) is 0.163. The first-order valence-electron chi connectivity index (χ1n) is 14.2. The summed E-state index contributed by atoms with van der Waals surface area (Å²) in [5.74, 6) is -1.39. The van der Waals surface area contributed by atoms with E-state index < -0.39 is 17.5 Å². The summed E-state index contributed by atoms with van der Waals surface area (Å²) in [5, 5.41) is 7.89. The van der Waals surface area contributed by atoms with Crippen LogP contribution in [-0.4, -0.2) is 46.7 Å². The van der Waals surface area contributed by atoms with Crippen LogP contribution in [0.15, 0.2) is 123 Å². The summed E-state index contributed by atoms with van der Waals surface area (Å²) in [7, 11) is 0. The molecule has 0 bridgehead atoms. The largest absolute Gasteiger partial charge is 0.478 e. The minimum Gasteiger partial charge on any atom is -0.478 e. The third-order valence-corrected chi connectivity index (χ3v) is 4.43. The highest BCUT2D eigenvalue weighted by atomic mass is 16.6. The van der Waals surface area contributed by atoms with Crippen LogP contribution < -0.4 is 9.47 Å². The lowest BCUT2D eigenvalue weighted by molar-refractivity contribution is -0.148. The van der Waals surface area contributed by atoms with E-state index in [1.54, 1.807) is 55.5 Å². The van der Waals surface area contributed by atoms with Gasteiger partial charge in [-0.3, -0.25) is 0 Å². The van der Waals surface area contributed by atoms with E-state index in [0.717, 1.165) is 18.6 Å². The highest BCUT2D eigenvalue weighted by molar-refractivity contribution is 5.88. The lowest BCUT2D eigenvalue weighted by Gasteiger charge is -2.17. The van der Waals surface area contributed by atoms with Gasteiger partial charge in [0.25, 0.3) is 0 Å². The summed E-state index contributed by atoms with van der Waals surface area (Å²) in [6.45, 7) is 28.8. The molecule has 0 heterocycles. The summed E-state index contributed by atoms with van der Waals surface area (Å²) in [5.41, 5.74) is 0.180. The molecular weight excluding hydrogens is 604 g/mol. The van der Waals surface area contributed by atoms with Crippen molar-refractivity contribution < 1.29 is 48.0 Å². The average Bonchev–Trinajstić information content (AvgIpc) is 3.02. The highest BCUT2D eigenvalue weighted by Gasteiger charge is 2.13. The van der Waals surface area contributed by atoms with Gasteiger partial charge in [0, 0.05) is 29.4 Å². The zero-order valence-corrected chi connectivity index (χ0v) is 28.4. The van der Waals surface area contributed by atoms with Gasteiger partial charge < -0.3 is 24.1 Å². The van der Waals surface area contributed by atoms with Gasteiger partial charge in [-0.1, -0.05) is 76.2 Å². The summed E-state index contributed by atoms with van der Waals surface area (Å²) in [4.78, 5) is 52.2. The van der Waals surface area contributed by atoms with Crippen LogP contribution in [0.5, 0.6) is 11.5 Å². The fraction of sp³-hybridized carbons (Fsp3) is 0.270. The third kappa shape index (κ3) is 31.7. The predicted molar refractivity (Wildman–Crippen MR) is 184 cm³/mol. The van der Waals surface area contributed by atoms with E-state index in [0.29, 0.717) is 17.1 Å². The maximum Gasteiger partial charge on any atom is 0.338 e. The SMILES string of the molecule is C=C(C)C(=O)O.C=C(C)C(=O)Oc1ccccc1.C=CC(=O)OC(C)(C)C.C=CC(=O)OC(C)CC.C=CC(=O)Oc1ccccc1. The van der Waals surface area contributed by atoms with Crippen molar-refractivity contribution in [3.8, 4) is 11.5 Å². The van der Waals surface area contributed by atoms with Crippen molar-refractivity contribution >= 4 is 29.8 Å². The second-order valence-electron chi connectivity index (χ2n) is 10.1. The van der Waals surface area contributed by atoms with Gasteiger partial charge in [-0.05, 0) is 72.2 Å². The zero-order valence-electron chi connectivity index (χ0n) is 28.4. The van der Waals surface area contributed by atoms with E-state index in [4.69, 9.17) is 24.1 Å². The normalized spacial score (nSPS) is 9.68. The first-order chi connectivity index (χ1) is 21.8. The first-order valence-corrected chi connectivity index (χ1v) is 14.2. The molecule has 47 heavy (non-hydrogen) atoms. The van der Waals surface area contributed by atoms with Gasteiger partial charge in [0.15, 0.2) is 0 Å². The molecule has 0 fully saturated rings. The smallest absolute Gasteiger partial charge is 0.338 e. The van der Waals surface area contributed by atoms with Crippen LogP contribution in [0.4, 0.5) is 0 Å². The fourth-order valence-electron chi connectivity index (χ4n) is 2.00. The van der Waals surface area contributed by atoms with Gasteiger partial charge in [0.1, 0.15) is 17.1 Å². The van der Waals surface area contributed by atoms with E-state index in [1.165, 1.54) is 13.0 Å². The number of benzene rings is 2. The Morgan fingerprint density at radius 3 is 1.38 bits per heavy atom. The molecule has 2 aromatic carbocycles. The third-order valence-electron chi connectivity index (χ3n) is 4.43. The number of hydrogen-bond donors (Lipinski definition) is 1. The van der Waals surface area contributed by atoms with E-state index in [-0.39, 0.29) is 29.6 Å². The number of carboxylic acid groups (broad SMARTS) is 1. The van der Waals surface area contributed by atoms with E-state index in [1.807, 2.05) is 46.8 Å². The monoisotopic (exact) mass is 652 g/mol. The zero-order chi connectivity index (χ0) is 37.0. The minimum atomic E-state index is -0.935. The molecule has 2 rings (SSSR count). The number of carbonyl (C=O) groups is 5. The molecule has 0 aliphatic rings. The number of carboxylic acids is 1. The lowest BCUT2D eigenvalue weighted by Crippen LogP contribution is -2.22. The molecule has 256 valence electrons. The summed E-state index contributed by atoms with van der Waals surface area (Å²) in [6, 6.07) is 17.8. The van der Waals surface area contributed by atoms with Crippen molar-refractivity contribution in [2.75, 3.05) is 0 Å². The molecule has 1 N–H and O–H groups in total. The maximum absolute atomic E-state index is 11.0. The molecule has 0 aliphatic carbocycles. The van der Waals surface area contributed by atoms with Crippen LogP contribution in [0, 0.1) is 0 Å². The highest BCUT2D eigenvalue weighted by Crippen LogP contribution is 2.10. The second-order valence-corrected chi connectivity index (χ2v) is 10.1. The van der Waals surface area contributed by atoms with Crippen molar-refractivity contribution in [1.29, 1.82) is 0 Å². The molecule has 1 atom stereocenters. The Hall–Kier alpha value is -5.51. The first kappa shape index (κ1) is 45.9. The topological polar surface area (TPSA) is 142 Å². The number of aliphatic carboxylic acids is 1. The van der Waals surface area contributed by atoms with Gasteiger partial charge in [0.05, 0.1) is 6.10 Å². The van der Waals surface area contributed by atoms with Gasteiger partial charge in [-0.2, -0.15) is 0 Å². The van der Waals surface area contributed by atoms with Crippen LogP contribution in [0.1, 0.15) is 54.9 Å². The molecule has 1 unspecified atom stereocenters. The number of hydrogen-bond acceptors (Lipinski definition) is 9. The van der Waals surface area contributed by atoms with Gasteiger partial charge in [-0.25, -0.2) is 24.0 Å². The van der Waals surface area contributed by atoms with Crippen LogP contribution in [0.3, 0.4) is 0 Å². The molecule has 0 radical (unpaired) electrons. The Kier molecular flexibility index (Phi) is 26.2. The lowest BCUT2D eigenvalue weighted by atomic mass is 10.2. The van der Waals surface area contributed by atoms with Gasteiger partial charge in [-0.15, -0.1) is 0 Å². The van der Waals surface area contributed by atoms with Crippen molar-refractivity contribution in [3.63, 3.8) is 0 Å². The Balaban J connectivity index is -0.000000524. The number of rotatable bonds is 9. The van der Waals surface area contributed by atoms with Crippen molar-refractivity contribution in [3.05, 3.63) is 123 Å². The molecule has 0 saturated heterocycles. The van der Waals surface area contributed by atoms with Gasteiger partial charge in [0.2, 0.25) is 0 Å². The van der Waals surface area contributed by atoms with E-state index >= 15 is 0 Å². The molecule has 10 heteroatoms. The molecule has 0 spiro atoms. The predicted octanol–water partition coefficient (Wildman–Crippen LogP) is 7.62. The van der Waals surface area contributed by atoms with Gasteiger partial charge >= 0.3 is 29.8 Å². The summed E-state index contributed by atoms with van der Waals surface area (Å²) < 4.78 is 19.4. The number of para-hydroxylation sites is 2. The van der Waals surface area contributed by atoms with Crippen molar-refractivity contribution in [2.45, 2.75) is 66.6 Å². The fourth-order valence-corrected chi connectivity index (χ4v) is 2.00. The van der Waals surface area contributed by atoms with Crippen LogP contribution in [-0.2, 0) is 33.4 Å². The van der Waals surface area contributed by atoms with Crippen LogP contribution in [0.25, 0.3) is 0 Å². The second kappa shape index (κ2) is 26.9. The number of esters is 4. The Morgan fingerprint density at radius 2 is 1.11 bits per heavy atom. The summed E-state index contributed by atoms with van der Waals surface area (Å²) >= 11 is 0.